The van der Waals surface area contributed by atoms with Crippen LogP contribution in [-0.2, 0) is 0 Å². The minimum absolute atomic E-state index is 1.32. The van der Waals surface area contributed by atoms with Gasteiger partial charge < -0.3 is 0 Å². The second kappa shape index (κ2) is 2.31. The van der Waals surface area contributed by atoms with Gasteiger partial charge in [0, 0.05) is 0 Å². The first-order valence-corrected chi connectivity index (χ1v) is 3.36. The van der Waals surface area contributed by atoms with Crippen molar-refractivity contribution in [2.75, 3.05) is 0 Å². The Morgan fingerprint density at radius 2 is 1.86 bits per heavy atom. The first-order chi connectivity index (χ1) is 3.43. The van der Waals surface area contributed by atoms with E-state index in [2.05, 4.69) is 15.9 Å². The van der Waals surface area contributed by atoms with Crippen LogP contribution in [0.3, 0.4) is 0 Å². The number of allylic oxidation sites excluding steroid dienone is 1. The summed E-state index contributed by atoms with van der Waals surface area (Å²) in [7, 11) is 3.36. The van der Waals surface area contributed by atoms with Crippen molar-refractivity contribution in [2.24, 2.45) is 0 Å². The van der Waals surface area contributed by atoms with Gasteiger partial charge in [0.05, 0.1) is 10.2 Å². The van der Waals surface area contributed by atoms with Gasteiger partial charge in [0.25, 0.3) is 0 Å². The van der Waals surface area contributed by atoms with Gasteiger partial charge in [0.15, 0.2) is 0 Å². The quantitative estimate of drug-likeness (QED) is 0.415. The molecule has 0 nitrogen and oxygen atoms in total. The van der Waals surface area contributed by atoms with E-state index in [4.69, 9.17) is 0 Å². The van der Waals surface area contributed by atoms with Gasteiger partial charge in [-0.1, -0.05) is 5.57 Å². The van der Waals surface area contributed by atoms with Crippen molar-refractivity contribution in [3.8, 4) is 0 Å². The van der Waals surface area contributed by atoms with E-state index in [0.717, 1.165) is 0 Å². The molecule has 0 heterocycles. The molecule has 37 valence electrons. The summed E-state index contributed by atoms with van der Waals surface area (Å²) in [4.78, 5) is 0. The summed E-state index contributed by atoms with van der Waals surface area (Å²) in [5.41, 5.74) is 3.64. The molecular formula is C6H9Si. The Kier molecular flexibility index (Phi) is 1.68. The van der Waals surface area contributed by atoms with Crippen LogP contribution in [0, 0.1) is 0 Å². The monoisotopic (exact) mass is 109 g/mol. The SMILES string of the molecule is [Si]C=C1CCCC1. The molecule has 0 N–H and O–H groups in total. The van der Waals surface area contributed by atoms with E-state index in [1.807, 2.05) is 0 Å². The van der Waals surface area contributed by atoms with E-state index >= 15 is 0 Å². The van der Waals surface area contributed by atoms with Gasteiger partial charge in [-0.25, -0.2) is 0 Å². The van der Waals surface area contributed by atoms with Gasteiger partial charge in [-0.05, 0) is 25.7 Å². The van der Waals surface area contributed by atoms with Crippen LogP contribution >= 0.6 is 0 Å². The molecule has 0 amide bonds. The smallest absolute Gasteiger partial charge is 0.0600 e. The van der Waals surface area contributed by atoms with E-state index in [0.29, 0.717) is 0 Å². The van der Waals surface area contributed by atoms with Gasteiger partial charge in [-0.3, -0.25) is 0 Å². The standard InChI is InChI=1S/C6H9Si/c7-5-6-3-1-2-4-6/h5H,1-4H2. The van der Waals surface area contributed by atoms with E-state index < -0.39 is 0 Å². The van der Waals surface area contributed by atoms with Crippen molar-refractivity contribution in [1.82, 2.24) is 0 Å². The topological polar surface area (TPSA) is 0 Å². The highest BCUT2D eigenvalue weighted by Gasteiger charge is 2.02. The molecule has 0 aromatic rings. The summed E-state index contributed by atoms with van der Waals surface area (Å²) >= 11 is 0. The number of hydrogen-bond acceptors (Lipinski definition) is 0. The second-order valence-electron chi connectivity index (χ2n) is 2.01. The molecule has 3 radical (unpaired) electrons. The minimum atomic E-state index is 1.32. The predicted molar refractivity (Wildman–Crippen MR) is 32.3 cm³/mol. The van der Waals surface area contributed by atoms with Gasteiger partial charge in [-0.15, -0.1) is 5.70 Å². The van der Waals surface area contributed by atoms with E-state index in [1.165, 1.54) is 25.7 Å². The zero-order valence-corrected chi connectivity index (χ0v) is 5.41. The van der Waals surface area contributed by atoms with Gasteiger partial charge in [0.2, 0.25) is 0 Å². The Labute approximate surface area is 48.0 Å². The van der Waals surface area contributed by atoms with Crippen LogP contribution < -0.4 is 0 Å². The average molecular weight is 109 g/mol. The van der Waals surface area contributed by atoms with Crippen LogP contribution in [0.4, 0.5) is 0 Å². The van der Waals surface area contributed by atoms with E-state index in [1.54, 1.807) is 5.57 Å². The number of rotatable bonds is 0. The second-order valence-corrected chi connectivity index (χ2v) is 2.30. The first kappa shape index (κ1) is 5.10. The maximum Gasteiger partial charge on any atom is 0.0600 e. The zero-order chi connectivity index (χ0) is 5.11. The molecule has 0 unspecified atom stereocenters. The van der Waals surface area contributed by atoms with E-state index in [9.17, 15) is 0 Å². The molecule has 1 aliphatic rings. The lowest BCUT2D eigenvalue weighted by Gasteiger charge is -1.85. The summed E-state index contributed by atoms with van der Waals surface area (Å²) in [6.45, 7) is 0. The average Bonchev–Trinajstić information content (AvgIpc) is 2.14. The highest BCUT2D eigenvalue weighted by Crippen LogP contribution is 2.22. The fourth-order valence-electron chi connectivity index (χ4n) is 0.973. The van der Waals surface area contributed by atoms with Crippen LogP contribution in [0.15, 0.2) is 11.3 Å². The largest absolute Gasteiger partial charge is 0.103 e. The third-order valence-electron chi connectivity index (χ3n) is 1.45. The summed E-state index contributed by atoms with van der Waals surface area (Å²) in [6.07, 6.45) is 5.44. The molecule has 1 saturated carbocycles. The maximum atomic E-state index is 3.36. The Morgan fingerprint density at radius 3 is 2.14 bits per heavy atom. The predicted octanol–water partition coefficient (Wildman–Crippen LogP) is 1.61. The Morgan fingerprint density at radius 1 is 1.29 bits per heavy atom. The summed E-state index contributed by atoms with van der Waals surface area (Å²) in [5.74, 6) is 0. The van der Waals surface area contributed by atoms with Gasteiger partial charge in [-0.2, -0.15) is 0 Å². The molecule has 0 saturated heterocycles. The molecule has 1 fully saturated rings. The lowest BCUT2D eigenvalue weighted by Crippen LogP contribution is -1.68. The molecule has 7 heavy (non-hydrogen) atoms. The molecule has 0 bridgehead atoms. The molecule has 1 aliphatic carbocycles. The van der Waals surface area contributed by atoms with Crippen molar-refractivity contribution >= 4 is 10.2 Å². The molecule has 1 heteroatoms. The third-order valence-corrected chi connectivity index (χ3v) is 1.86. The van der Waals surface area contributed by atoms with Crippen LogP contribution in [0.5, 0.6) is 0 Å². The molecule has 0 atom stereocenters. The Bertz CT molecular complexity index is 76.2. The van der Waals surface area contributed by atoms with Crippen LogP contribution in [0.25, 0.3) is 0 Å². The van der Waals surface area contributed by atoms with Crippen molar-refractivity contribution in [2.45, 2.75) is 25.7 Å². The van der Waals surface area contributed by atoms with Crippen molar-refractivity contribution < 1.29 is 0 Å². The maximum absolute atomic E-state index is 3.36. The highest BCUT2D eigenvalue weighted by atomic mass is 28.1. The fourth-order valence-corrected chi connectivity index (χ4v) is 1.26. The number of hydrogen-bond donors (Lipinski definition) is 0. The highest BCUT2D eigenvalue weighted by molar-refractivity contribution is 6.17. The molecule has 0 aliphatic heterocycles. The summed E-state index contributed by atoms with van der Waals surface area (Å²) < 4.78 is 0. The fraction of sp³-hybridized carbons (Fsp3) is 0.667. The zero-order valence-electron chi connectivity index (χ0n) is 4.41. The summed E-state index contributed by atoms with van der Waals surface area (Å²) in [6, 6.07) is 0. The Balaban J connectivity index is 2.41. The van der Waals surface area contributed by atoms with Crippen LogP contribution in [-0.4, -0.2) is 10.2 Å². The summed E-state index contributed by atoms with van der Waals surface area (Å²) in [5, 5.41) is 0. The van der Waals surface area contributed by atoms with Crippen LogP contribution in [0.2, 0.25) is 0 Å². The minimum Gasteiger partial charge on any atom is -0.103 e. The van der Waals surface area contributed by atoms with E-state index in [-0.39, 0.29) is 0 Å². The van der Waals surface area contributed by atoms with Gasteiger partial charge >= 0.3 is 0 Å². The van der Waals surface area contributed by atoms with Crippen molar-refractivity contribution in [1.29, 1.82) is 0 Å². The van der Waals surface area contributed by atoms with Crippen molar-refractivity contribution in [3.05, 3.63) is 11.3 Å². The molecule has 0 aromatic carbocycles. The lowest BCUT2D eigenvalue weighted by atomic mass is 10.3. The normalized spacial score (nSPS) is 20.4. The molecule has 1 rings (SSSR count). The van der Waals surface area contributed by atoms with Crippen LogP contribution in [0.1, 0.15) is 25.7 Å². The lowest BCUT2D eigenvalue weighted by molar-refractivity contribution is 0.886. The molecule has 0 spiro atoms. The Hall–Kier alpha value is -0.0431. The molecule has 0 aromatic heterocycles. The molecular weight excluding hydrogens is 100 g/mol. The first-order valence-electron chi connectivity index (χ1n) is 2.78. The van der Waals surface area contributed by atoms with Crippen molar-refractivity contribution in [3.63, 3.8) is 0 Å². The third kappa shape index (κ3) is 1.16. The van der Waals surface area contributed by atoms with Gasteiger partial charge in [0.1, 0.15) is 0 Å².